The molecule has 18 heavy (non-hydrogen) atoms. The van der Waals surface area contributed by atoms with Gasteiger partial charge >= 0.3 is 5.97 Å². The zero-order valence-electron chi connectivity index (χ0n) is 9.44. The van der Waals surface area contributed by atoms with Crippen LogP contribution in [-0.4, -0.2) is 34.6 Å². The first-order valence-corrected chi connectivity index (χ1v) is 5.86. The molecule has 3 N–H and O–H groups in total. The molecule has 2 heterocycles. The van der Waals surface area contributed by atoms with E-state index in [0.29, 0.717) is 25.2 Å². The van der Waals surface area contributed by atoms with Crippen LogP contribution in [0.4, 0.5) is 5.82 Å². The number of hydrogen-bond donors (Lipinski definition) is 3. The lowest BCUT2D eigenvalue weighted by Crippen LogP contribution is -2.42. The molecule has 1 aromatic heterocycles. The minimum Gasteiger partial charge on any atom is -0.478 e. The maximum Gasteiger partial charge on any atom is 0.337 e. The maximum atomic E-state index is 11.0. The van der Waals surface area contributed by atoms with Gasteiger partial charge in [-0.3, -0.25) is 4.79 Å². The molecule has 6 nitrogen and oxygen atoms in total. The zero-order chi connectivity index (χ0) is 13.1. The van der Waals surface area contributed by atoms with E-state index in [1.54, 1.807) is 0 Å². The number of hydrogen-bond acceptors (Lipinski definition) is 4. The topological polar surface area (TPSA) is 91.3 Å². The van der Waals surface area contributed by atoms with Crippen molar-refractivity contribution >= 4 is 29.3 Å². The predicted octanol–water partition coefficient (Wildman–Crippen LogP) is 1.12. The molecule has 1 aromatic rings. The van der Waals surface area contributed by atoms with E-state index < -0.39 is 5.97 Å². The van der Waals surface area contributed by atoms with Crippen LogP contribution >= 0.6 is 11.6 Å². The molecule has 0 aliphatic carbocycles. The molecule has 1 aliphatic heterocycles. The Hall–Kier alpha value is -1.82. The molecule has 0 radical (unpaired) electrons. The van der Waals surface area contributed by atoms with E-state index in [0.717, 1.165) is 0 Å². The summed E-state index contributed by atoms with van der Waals surface area (Å²) in [5.74, 6) is -0.622. The number of carboxylic acids is 1. The number of carboxylic acid groups (broad SMARTS) is 1. The number of aromatic carboxylic acids is 1. The van der Waals surface area contributed by atoms with Gasteiger partial charge in [0.15, 0.2) is 0 Å². The summed E-state index contributed by atoms with van der Waals surface area (Å²) in [6, 6.07) is 1.44. The number of aromatic nitrogens is 1. The second-order valence-electron chi connectivity index (χ2n) is 4.04. The van der Waals surface area contributed by atoms with Crippen molar-refractivity contribution in [1.82, 2.24) is 10.3 Å². The number of carbonyl (C=O) groups is 2. The van der Waals surface area contributed by atoms with E-state index in [4.69, 9.17) is 16.7 Å². The second kappa shape index (κ2) is 5.22. The van der Waals surface area contributed by atoms with Crippen LogP contribution in [0.3, 0.4) is 0 Å². The summed E-state index contributed by atoms with van der Waals surface area (Å²) in [6.45, 7) is 0.506. The van der Waals surface area contributed by atoms with Gasteiger partial charge in [-0.1, -0.05) is 11.6 Å². The molecule has 0 spiro atoms. The van der Waals surface area contributed by atoms with E-state index in [-0.39, 0.29) is 22.5 Å². The van der Waals surface area contributed by atoms with E-state index >= 15 is 0 Å². The van der Waals surface area contributed by atoms with Crippen LogP contribution in [0.5, 0.6) is 0 Å². The fourth-order valence-corrected chi connectivity index (χ4v) is 1.93. The molecular weight excluding hydrogens is 258 g/mol. The first kappa shape index (κ1) is 12.6. The molecule has 1 amide bonds. The zero-order valence-corrected chi connectivity index (χ0v) is 10.2. The number of carbonyl (C=O) groups excluding carboxylic acids is 1. The molecule has 1 aliphatic rings. The third kappa shape index (κ3) is 2.89. The third-order valence-electron chi connectivity index (χ3n) is 2.70. The first-order chi connectivity index (χ1) is 8.56. The number of pyridine rings is 1. The Labute approximate surface area is 108 Å². The van der Waals surface area contributed by atoms with E-state index in [2.05, 4.69) is 15.6 Å². The molecule has 1 saturated heterocycles. The second-order valence-corrected chi connectivity index (χ2v) is 4.45. The largest absolute Gasteiger partial charge is 0.478 e. The van der Waals surface area contributed by atoms with Crippen LogP contribution in [-0.2, 0) is 4.79 Å². The SMILES string of the molecule is O=C1CCC(Nc2cc(C(=O)O)c(Cl)cn2)CN1. The number of amides is 1. The Morgan fingerprint density at radius 2 is 2.39 bits per heavy atom. The van der Waals surface area contributed by atoms with E-state index in [1.165, 1.54) is 12.3 Å². The molecule has 1 fully saturated rings. The van der Waals surface area contributed by atoms with Crippen LogP contribution in [0.15, 0.2) is 12.3 Å². The average Bonchev–Trinajstić information content (AvgIpc) is 2.34. The Kier molecular flexibility index (Phi) is 3.66. The summed E-state index contributed by atoms with van der Waals surface area (Å²) in [5.41, 5.74) is 0.00834. The Bertz CT molecular complexity index is 482. The van der Waals surface area contributed by atoms with Crippen molar-refractivity contribution in [2.24, 2.45) is 0 Å². The van der Waals surface area contributed by atoms with Gasteiger partial charge in [-0.05, 0) is 12.5 Å². The van der Waals surface area contributed by atoms with Gasteiger partial charge in [-0.15, -0.1) is 0 Å². The van der Waals surface area contributed by atoms with Crippen molar-refractivity contribution < 1.29 is 14.7 Å². The summed E-state index contributed by atoms with van der Waals surface area (Å²) in [4.78, 5) is 25.9. The Morgan fingerprint density at radius 1 is 1.61 bits per heavy atom. The van der Waals surface area contributed by atoms with Gasteiger partial charge in [0.1, 0.15) is 5.82 Å². The summed E-state index contributed by atoms with van der Waals surface area (Å²) in [7, 11) is 0. The van der Waals surface area contributed by atoms with Gasteiger partial charge < -0.3 is 15.7 Å². The summed E-state index contributed by atoms with van der Waals surface area (Å²) < 4.78 is 0. The minimum absolute atomic E-state index is 0.00834. The van der Waals surface area contributed by atoms with Crippen molar-refractivity contribution in [2.75, 3.05) is 11.9 Å². The molecule has 0 aromatic carbocycles. The molecule has 7 heteroatoms. The number of anilines is 1. The molecule has 96 valence electrons. The minimum atomic E-state index is -1.10. The van der Waals surface area contributed by atoms with E-state index in [9.17, 15) is 9.59 Å². The fourth-order valence-electron chi connectivity index (χ4n) is 1.75. The van der Waals surface area contributed by atoms with Gasteiger partial charge in [0.05, 0.1) is 10.6 Å². The lowest BCUT2D eigenvalue weighted by molar-refractivity contribution is -0.122. The van der Waals surface area contributed by atoms with Crippen LogP contribution in [0, 0.1) is 0 Å². The van der Waals surface area contributed by atoms with Gasteiger partial charge in [0.25, 0.3) is 0 Å². The van der Waals surface area contributed by atoms with Crippen LogP contribution in [0.2, 0.25) is 5.02 Å². The summed E-state index contributed by atoms with van der Waals surface area (Å²) in [6.07, 6.45) is 2.45. The summed E-state index contributed by atoms with van der Waals surface area (Å²) >= 11 is 5.72. The van der Waals surface area contributed by atoms with Crippen LogP contribution in [0.25, 0.3) is 0 Å². The number of nitrogens with zero attached hydrogens (tertiary/aromatic N) is 1. The van der Waals surface area contributed by atoms with Crippen LogP contribution < -0.4 is 10.6 Å². The monoisotopic (exact) mass is 269 g/mol. The highest BCUT2D eigenvalue weighted by molar-refractivity contribution is 6.33. The maximum absolute atomic E-state index is 11.0. The van der Waals surface area contributed by atoms with Gasteiger partial charge in [-0.25, -0.2) is 9.78 Å². The summed E-state index contributed by atoms with van der Waals surface area (Å²) in [5, 5.41) is 14.8. The molecule has 0 saturated carbocycles. The Balaban J connectivity index is 2.07. The number of halogens is 1. The highest BCUT2D eigenvalue weighted by Gasteiger charge is 2.19. The van der Waals surface area contributed by atoms with Gasteiger partial charge in [0, 0.05) is 25.2 Å². The molecule has 1 atom stereocenters. The van der Waals surface area contributed by atoms with Crippen molar-refractivity contribution in [3.63, 3.8) is 0 Å². The highest BCUT2D eigenvalue weighted by Crippen LogP contribution is 2.19. The quantitative estimate of drug-likeness (QED) is 0.765. The van der Waals surface area contributed by atoms with Crippen molar-refractivity contribution in [3.8, 4) is 0 Å². The molecule has 2 rings (SSSR count). The van der Waals surface area contributed by atoms with Crippen molar-refractivity contribution in [1.29, 1.82) is 0 Å². The smallest absolute Gasteiger partial charge is 0.337 e. The molecule has 1 unspecified atom stereocenters. The van der Waals surface area contributed by atoms with E-state index in [1.807, 2.05) is 0 Å². The number of piperidine rings is 1. The normalized spacial score (nSPS) is 19.2. The molecule has 0 bridgehead atoms. The number of nitrogens with one attached hydrogen (secondary N) is 2. The highest BCUT2D eigenvalue weighted by atomic mass is 35.5. The Morgan fingerprint density at radius 3 is 3.00 bits per heavy atom. The van der Waals surface area contributed by atoms with Crippen LogP contribution in [0.1, 0.15) is 23.2 Å². The lowest BCUT2D eigenvalue weighted by atomic mass is 10.1. The number of rotatable bonds is 3. The average molecular weight is 270 g/mol. The van der Waals surface area contributed by atoms with Crippen molar-refractivity contribution in [2.45, 2.75) is 18.9 Å². The van der Waals surface area contributed by atoms with Crippen molar-refractivity contribution in [3.05, 3.63) is 22.8 Å². The van der Waals surface area contributed by atoms with Gasteiger partial charge in [0.2, 0.25) is 5.91 Å². The third-order valence-corrected chi connectivity index (χ3v) is 3.00. The standard InChI is InChI=1S/C11H12ClN3O3/c12-8-5-13-9(3-7(8)11(17)18)15-6-1-2-10(16)14-4-6/h3,5-6H,1-2,4H2,(H,13,15)(H,14,16)(H,17,18). The molecular formula is C11H12ClN3O3. The van der Waals surface area contributed by atoms with Gasteiger partial charge in [-0.2, -0.15) is 0 Å². The first-order valence-electron chi connectivity index (χ1n) is 5.48. The predicted molar refractivity (Wildman–Crippen MR) is 65.9 cm³/mol. The fraction of sp³-hybridized carbons (Fsp3) is 0.364. The lowest BCUT2D eigenvalue weighted by Gasteiger charge is -2.24.